The molecule has 0 saturated carbocycles. The van der Waals surface area contributed by atoms with Crippen molar-refractivity contribution >= 4 is 17.4 Å². The number of alkyl halides is 3. The third-order valence-corrected chi connectivity index (χ3v) is 3.65. The summed E-state index contributed by atoms with van der Waals surface area (Å²) in [5.74, 6) is 0.928. The van der Waals surface area contributed by atoms with Crippen LogP contribution >= 0.6 is 0 Å². The Labute approximate surface area is 152 Å². The van der Waals surface area contributed by atoms with Crippen molar-refractivity contribution in [3.05, 3.63) is 60.0 Å². The largest absolute Gasteiger partial charge is 0.418 e. The monoisotopic (exact) mass is 376 g/mol. The summed E-state index contributed by atoms with van der Waals surface area (Å²) in [6.45, 7) is 1.89. The number of anilines is 2. The van der Waals surface area contributed by atoms with E-state index in [1.807, 2.05) is 6.92 Å². The van der Waals surface area contributed by atoms with E-state index in [1.54, 1.807) is 24.3 Å². The number of nitrogens with zero attached hydrogens (tertiary/aromatic N) is 2. The molecule has 0 saturated heterocycles. The number of nitrogens with one attached hydrogen (secondary N) is 2. The molecule has 9 heteroatoms. The first-order chi connectivity index (χ1) is 12.9. The minimum Gasteiger partial charge on any atom is -0.339 e. The lowest BCUT2D eigenvalue weighted by Gasteiger charge is -2.14. The summed E-state index contributed by atoms with van der Waals surface area (Å²) in [5, 5.41) is 8.54. The second-order valence-electron chi connectivity index (χ2n) is 5.57. The molecular formula is C18H15F3N4O2. The Kier molecular flexibility index (Phi) is 5.11. The van der Waals surface area contributed by atoms with Crippen LogP contribution in [0, 0.1) is 0 Å². The van der Waals surface area contributed by atoms with Crippen molar-refractivity contribution in [3.63, 3.8) is 0 Å². The second-order valence-corrected chi connectivity index (χ2v) is 5.57. The van der Waals surface area contributed by atoms with Gasteiger partial charge in [0.15, 0.2) is 0 Å². The predicted molar refractivity (Wildman–Crippen MR) is 93.2 cm³/mol. The molecule has 0 spiro atoms. The molecule has 1 aromatic heterocycles. The van der Waals surface area contributed by atoms with Crippen molar-refractivity contribution in [1.29, 1.82) is 0 Å². The van der Waals surface area contributed by atoms with Gasteiger partial charge in [-0.25, -0.2) is 4.79 Å². The average molecular weight is 376 g/mol. The zero-order chi connectivity index (χ0) is 19.4. The summed E-state index contributed by atoms with van der Waals surface area (Å²) in [5.41, 5.74) is -0.149. The zero-order valence-electron chi connectivity index (χ0n) is 14.2. The van der Waals surface area contributed by atoms with E-state index in [1.165, 1.54) is 18.2 Å². The average Bonchev–Trinajstić information content (AvgIpc) is 3.11. The molecule has 3 aromatic rings. The summed E-state index contributed by atoms with van der Waals surface area (Å²) >= 11 is 0. The molecule has 0 radical (unpaired) electrons. The van der Waals surface area contributed by atoms with Crippen molar-refractivity contribution in [2.45, 2.75) is 19.5 Å². The highest BCUT2D eigenvalue weighted by molar-refractivity contribution is 6.00. The molecule has 0 atom stereocenters. The fourth-order valence-electron chi connectivity index (χ4n) is 2.34. The molecule has 2 aromatic carbocycles. The summed E-state index contributed by atoms with van der Waals surface area (Å²) in [6, 6.07) is 10.5. The van der Waals surface area contributed by atoms with E-state index >= 15 is 0 Å². The number of amides is 2. The number of halogens is 3. The fourth-order valence-corrected chi connectivity index (χ4v) is 2.34. The molecule has 3 rings (SSSR count). The molecule has 0 aliphatic heterocycles. The van der Waals surface area contributed by atoms with E-state index < -0.39 is 17.8 Å². The Morgan fingerprint density at radius 2 is 1.78 bits per heavy atom. The highest BCUT2D eigenvalue weighted by Gasteiger charge is 2.33. The van der Waals surface area contributed by atoms with Gasteiger partial charge in [0, 0.05) is 17.7 Å². The molecule has 0 bridgehead atoms. The first kappa shape index (κ1) is 18.4. The molecule has 2 amide bonds. The molecule has 27 heavy (non-hydrogen) atoms. The highest BCUT2D eigenvalue weighted by atomic mass is 19.4. The van der Waals surface area contributed by atoms with Gasteiger partial charge in [0.25, 0.3) is 0 Å². The van der Waals surface area contributed by atoms with Crippen LogP contribution in [0.5, 0.6) is 0 Å². The van der Waals surface area contributed by atoms with Gasteiger partial charge >= 0.3 is 12.2 Å². The Morgan fingerprint density at radius 1 is 1.07 bits per heavy atom. The first-order valence-electron chi connectivity index (χ1n) is 8.04. The molecule has 1 heterocycles. The normalized spacial score (nSPS) is 11.3. The summed E-state index contributed by atoms with van der Waals surface area (Å²) in [7, 11) is 0. The maximum absolute atomic E-state index is 13.0. The number of hydrogen-bond acceptors (Lipinski definition) is 4. The molecule has 2 N–H and O–H groups in total. The van der Waals surface area contributed by atoms with Gasteiger partial charge in [-0.15, -0.1) is 0 Å². The Bertz CT molecular complexity index is 936. The van der Waals surface area contributed by atoms with E-state index in [-0.39, 0.29) is 5.69 Å². The quantitative estimate of drug-likeness (QED) is 0.674. The number of aryl methyl sites for hydroxylation is 1. The standard InChI is InChI=1S/C18H15F3N4O2/c1-2-15-24-16(25-27-15)11-7-9-12(10-8-11)22-17(26)23-14-6-4-3-5-13(14)18(19,20)21/h3-10H,2H2,1H3,(H2,22,23,26). The number of benzene rings is 2. The smallest absolute Gasteiger partial charge is 0.339 e. The van der Waals surface area contributed by atoms with Gasteiger partial charge in [0.05, 0.1) is 11.3 Å². The highest BCUT2D eigenvalue weighted by Crippen LogP contribution is 2.34. The van der Waals surface area contributed by atoms with E-state index in [9.17, 15) is 18.0 Å². The van der Waals surface area contributed by atoms with Crippen LogP contribution in [0.2, 0.25) is 0 Å². The summed E-state index contributed by atoms with van der Waals surface area (Å²) in [6.07, 6.45) is -3.94. The van der Waals surface area contributed by atoms with E-state index in [2.05, 4.69) is 20.8 Å². The van der Waals surface area contributed by atoms with Crippen molar-refractivity contribution in [3.8, 4) is 11.4 Å². The number of hydrogen-bond donors (Lipinski definition) is 2. The van der Waals surface area contributed by atoms with Crippen LogP contribution in [0.3, 0.4) is 0 Å². The molecule has 0 aliphatic carbocycles. The maximum Gasteiger partial charge on any atom is 0.418 e. The molecule has 0 unspecified atom stereocenters. The maximum atomic E-state index is 13.0. The van der Waals surface area contributed by atoms with E-state index in [4.69, 9.17) is 4.52 Å². The topological polar surface area (TPSA) is 80.0 Å². The van der Waals surface area contributed by atoms with Crippen LogP contribution in [0.25, 0.3) is 11.4 Å². The Hall–Kier alpha value is -3.36. The molecule has 0 fully saturated rings. The lowest BCUT2D eigenvalue weighted by Crippen LogP contribution is -2.21. The zero-order valence-corrected chi connectivity index (χ0v) is 14.2. The Morgan fingerprint density at radius 3 is 2.41 bits per heavy atom. The van der Waals surface area contributed by atoms with Crippen LogP contribution in [-0.4, -0.2) is 16.2 Å². The van der Waals surface area contributed by atoms with Gasteiger partial charge in [0.1, 0.15) is 0 Å². The lowest BCUT2D eigenvalue weighted by molar-refractivity contribution is -0.136. The number of para-hydroxylation sites is 1. The van der Waals surface area contributed by atoms with Gasteiger partial charge in [0.2, 0.25) is 11.7 Å². The van der Waals surface area contributed by atoms with Crippen molar-refractivity contribution in [1.82, 2.24) is 10.1 Å². The van der Waals surface area contributed by atoms with Crippen LogP contribution < -0.4 is 10.6 Å². The third-order valence-electron chi connectivity index (χ3n) is 3.65. The number of urea groups is 1. The minimum absolute atomic E-state index is 0.321. The number of aromatic nitrogens is 2. The molecule has 140 valence electrons. The lowest BCUT2D eigenvalue weighted by atomic mass is 10.1. The van der Waals surface area contributed by atoms with Crippen LogP contribution in [0.15, 0.2) is 53.1 Å². The second kappa shape index (κ2) is 7.48. The fraction of sp³-hybridized carbons (Fsp3) is 0.167. The molecule has 0 aliphatic rings. The summed E-state index contributed by atoms with van der Waals surface area (Å²) < 4.78 is 43.9. The first-order valence-corrected chi connectivity index (χ1v) is 8.04. The van der Waals surface area contributed by atoms with Crippen molar-refractivity contribution < 1.29 is 22.5 Å². The van der Waals surface area contributed by atoms with E-state index in [0.29, 0.717) is 29.4 Å². The van der Waals surface area contributed by atoms with Gasteiger partial charge in [-0.05, 0) is 36.4 Å². The van der Waals surface area contributed by atoms with Gasteiger partial charge in [-0.2, -0.15) is 18.2 Å². The van der Waals surface area contributed by atoms with Gasteiger partial charge in [-0.3, -0.25) is 0 Å². The van der Waals surface area contributed by atoms with Gasteiger partial charge in [-0.1, -0.05) is 24.2 Å². The minimum atomic E-state index is -4.56. The van der Waals surface area contributed by atoms with Crippen LogP contribution in [0.1, 0.15) is 18.4 Å². The number of rotatable bonds is 4. The molecular weight excluding hydrogens is 361 g/mol. The van der Waals surface area contributed by atoms with E-state index in [0.717, 1.165) is 6.07 Å². The third kappa shape index (κ3) is 4.43. The molecule has 6 nitrogen and oxygen atoms in total. The SMILES string of the molecule is CCc1nc(-c2ccc(NC(=O)Nc3ccccc3C(F)(F)F)cc2)no1. The summed E-state index contributed by atoms with van der Waals surface area (Å²) in [4.78, 5) is 16.2. The van der Waals surface area contributed by atoms with Crippen molar-refractivity contribution in [2.24, 2.45) is 0 Å². The van der Waals surface area contributed by atoms with Crippen LogP contribution in [-0.2, 0) is 12.6 Å². The van der Waals surface area contributed by atoms with Crippen LogP contribution in [0.4, 0.5) is 29.3 Å². The Balaban J connectivity index is 1.68. The van der Waals surface area contributed by atoms with Crippen molar-refractivity contribution in [2.75, 3.05) is 10.6 Å². The number of carbonyl (C=O) groups excluding carboxylic acids is 1. The predicted octanol–water partition coefficient (Wildman–Crippen LogP) is 4.96. The number of carbonyl (C=O) groups is 1. The van der Waals surface area contributed by atoms with Gasteiger partial charge < -0.3 is 15.2 Å².